The number of fused-ring (bicyclic) bond motifs is 1. The number of nitrogen functional groups attached to an aromatic ring is 1. The lowest BCUT2D eigenvalue weighted by atomic mass is 10.2. The maximum absolute atomic E-state index is 12.5. The third-order valence-electron chi connectivity index (χ3n) is 5.32. The number of aromatic nitrogens is 2. The van der Waals surface area contributed by atoms with E-state index in [-0.39, 0.29) is 12.5 Å². The van der Waals surface area contributed by atoms with E-state index in [9.17, 15) is 4.79 Å². The largest absolute Gasteiger partial charge is 0.493 e. The van der Waals surface area contributed by atoms with Crippen molar-refractivity contribution >= 4 is 40.2 Å². The molecule has 0 atom stereocenters. The van der Waals surface area contributed by atoms with Gasteiger partial charge in [-0.25, -0.2) is 4.98 Å². The molecule has 168 valence electrons. The summed E-state index contributed by atoms with van der Waals surface area (Å²) in [5.74, 6) is 2.40. The first-order valence-corrected chi connectivity index (χ1v) is 10.5. The van der Waals surface area contributed by atoms with Gasteiger partial charge in [0.1, 0.15) is 11.6 Å². The van der Waals surface area contributed by atoms with E-state index in [1.807, 2.05) is 17.0 Å². The predicted octanol–water partition coefficient (Wildman–Crippen LogP) is 2.61. The first-order valence-electron chi connectivity index (χ1n) is 10.1. The fraction of sp³-hybridized carbons (Fsp3) is 0.318. The van der Waals surface area contributed by atoms with Gasteiger partial charge >= 0.3 is 0 Å². The second-order valence-corrected chi connectivity index (χ2v) is 7.63. The van der Waals surface area contributed by atoms with Crippen molar-refractivity contribution in [3.63, 3.8) is 0 Å². The number of anilines is 2. The van der Waals surface area contributed by atoms with E-state index < -0.39 is 0 Å². The quantitative estimate of drug-likeness (QED) is 0.602. The van der Waals surface area contributed by atoms with Gasteiger partial charge in [-0.15, -0.1) is 0 Å². The molecule has 0 aliphatic carbocycles. The van der Waals surface area contributed by atoms with E-state index >= 15 is 0 Å². The zero-order valence-corrected chi connectivity index (χ0v) is 18.6. The third kappa shape index (κ3) is 4.43. The lowest BCUT2D eigenvalue weighted by Gasteiger charge is -2.34. The topological polar surface area (TPSA) is 103 Å². The van der Waals surface area contributed by atoms with Crippen molar-refractivity contribution in [3.05, 3.63) is 41.4 Å². The van der Waals surface area contributed by atoms with Crippen LogP contribution in [0.3, 0.4) is 0 Å². The molecule has 1 saturated heterocycles. The molecule has 0 unspecified atom stereocenters. The van der Waals surface area contributed by atoms with Gasteiger partial charge in [-0.1, -0.05) is 23.7 Å². The summed E-state index contributed by atoms with van der Waals surface area (Å²) in [5.41, 5.74) is 6.86. The molecule has 1 aliphatic heterocycles. The Morgan fingerprint density at radius 1 is 1.03 bits per heavy atom. The minimum atomic E-state index is -0.0969. The fourth-order valence-corrected chi connectivity index (χ4v) is 3.75. The van der Waals surface area contributed by atoms with Gasteiger partial charge in [0.15, 0.2) is 18.1 Å². The average Bonchev–Trinajstić information content (AvgIpc) is 2.82. The Morgan fingerprint density at radius 2 is 1.72 bits per heavy atom. The smallest absolute Gasteiger partial charge is 0.260 e. The maximum atomic E-state index is 12.5. The number of amides is 1. The van der Waals surface area contributed by atoms with Crippen LogP contribution in [0.1, 0.15) is 0 Å². The highest BCUT2D eigenvalue weighted by molar-refractivity contribution is 6.32. The lowest BCUT2D eigenvalue weighted by molar-refractivity contribution is -0.133. The van der Waals surface area contributed by atoms with Gasteiger partial charge in [0.05, 0.1) is 24.8 Å². The zero-order chi connectivity index (χ0) is 22.7. The van der Waals surface area contributed by atoms with Gasteiger partial charge in [-0.2, -0.15) is 4.98 Å². The van der Waals surface area contributed by atoms with E-state index in [2.05, 4.69) is 9.97 Å². The molecule has 0 spiro atoms. The Kier molecular flexibility index (Phi) is 6.36. The van der Waals surface area contributed by atoms with Gasteiger partial charge in [0.25, 0.3) is 5.91 Å². The summed E-state index contributed by atoms with van der Waals surface area (Å²) in [6.07, 6.45) is 0. The average molecular weight is 458 g/mol. The Labute approximate surface area is 190 Å². The molecule has 2 N–H and O–H groups in total. The minimum Gasteiger partial charge on any atom is -0.493 e. The van der Waals surface area contributed by atoms with Crippen molar-refractivity contribution in [3.8, 4) is 17.2 Å². The van der Waals surface area contributed by atoms with Crippen molar-refractivity contribution in [1.82, 2.24) is 14.9 Å². The van der Waals surface area contributed by atoms with Crippen molar-refractivity contribution in [2.45, 2.75) is 0 Å². The SMILES string of the molecule is COc1cc2nc(N3CCN(C(=O)COc4ccccc4Cl)CC3)nc(N)c2cc1OC. The lowest BCUT2D eigenvalue weighted by Crippen LogP contribution is -2.50. The molecule has 1 amide bonds. The predicted molar refractivity (Wildman–Crippen MR) is 123 cm³/mol. The highest BCUT2D eigenvalue weighted by atomic mass is 35.5. The summed E-state index contributed by atoms with van der Waals surface area (Å²) in [4.78, 5) is 25.4. The van der Waals surface area contributed by atoms with Gasteiger partial charge in [0.2, 0.25) is 5.95 Å². The number of para-hydroxylation sites is 1. The summed E-state index contributed by atoms with van der Waals surface area (Å²) in [6.45, 7) is 2.15. The molecule has 2 aromatic carbocycles. The molecule has 2 heterocycles. The molecule has 4 rings (SSSR count). The van der Waals surface area contributed by atoms with E-state index in [0.29, 0.717) is 71.1 Å². The maximum Gasteiger partial charge on any atom is 0.260 e. The van der Waals surface area contributed by atoms with Crippen LogP contribution in [0, 0.1) is 0 Å². The molecule has 32 heavy (non-hydrogen) atoms. The monoisotopic (exact) mass is 457 g/mol. The molecule has 1 aliphatic rings. The normalized spacial score (nSPS) is 13.8. The molecule has 0 bridgehead atoms. The van der Waals surface area contributed by atoms with Gasteiger partial charge < -0.3 is 29.7 Å². The Bertz CT molecular complexity index is 1130. The van der Waals surface area contributed by atoms with Gasteiger partial charge in [-0.05, 0) is 18.2 Å². The van der Waals surface area contributed by atoms with Crippen LogP contribution in [0.15, 0.2) is 36.4 Å². The molecule has 10 heteroatoms. The van der Waals surface area contributed by atoms with Crippen LogP contribution in [0.25, 0.3) is 10.9 Å². The minimum absolute atomic E-state index is 0.0647. The van der Waals surface area contributed by atoms with E-state index in [1.165, 1.54) is 0 Å². The molecule has 0 saturated carbocycles. The van der Waals surface area contributed by atoms with Crippen molar-refractivity contribution < 1.29 is 19.0 Å². The number of piperazine rings is 1. The number of carbonyl (C=O) groups excluding carboxylic acids is 1. The van der Waals surface area contributed by atoms with Gasteiger partial charge in [-0.3, -0.25) is 4.79 Å². The van der Waals surface area contributed by atoms with Crippen LogP contribution in [-0.4, -0.2) is 67.8 Å². The van der Waals surface area contributed by atoms with Crippen LogP contribution in [0.2, 0.25) is 5.02 Å². The van der Waals surface area contributed by atoms with Crippen LogP contribution in [-0.2, 0) is 4.79 Å². The first kappa shape index (κ1) is 21.8. The summed E-state index contributed by atoms with van der Waals surface area (Å²) in [5, 5.41) is 1.17. The Morgan fingerprint density at radius 3 is 2.41 bits per heavy atom. The number of methoxy groups -OCH3 is 2. The molecule has 9 nitrogen and oxygen atoms in total. The molecule has 1 aromatic heterocycles. The van der Waals surface area contributed by atoms with Crippen molar-refractivity contribution in [2.24, 2.45) is 0 Å². The summed E-state index contributed by atoms with van der Waals surface area (Å²) in [6, 6.07) is 10.6. The number of rotatable bonds is 6. The fourth-order valence-electron chi connectivity index (χ4n) is 3.56. The number of halogens is 1. The number of nitrogens with two attached hydrogens (primary N) is 1. The molecular weight excluding hydrogens is 434 g/mol. The Hall–Kier alpha value is -3.46. The van der Waals surface area contributed by atoms with Gasteiger partial charge in [0, 0.05) is 37.6 Å². The van der Waals surface area contributed by atoms with E-state index in [1.54, 1.807) is 43.4 Å². The zero-order valence-electron chi connectivity index (χ0n) is 17.9. The van der Waals surface area contributed by atoms with Crippen LogP contribution < -0.4 is 24.8 Å². The van der Waals surface area contributed by atoms with Crippen molar-refractivity contribution in [1.29, 1.82) is 0 Å². The van der Waals surface area contributed by atoms with E-state index in [4.69, 9.17) is 31.5 Å². The molecule has 1 fully saturated rings. The number of nitrogens with zero attached hydrogens (tertiary/aromatic N) is 4. The number of carbonyl (C=O) groups is 1. The number of hydrogen-bond acceptors (Lipinski definition) is 8. The molecule has 3 aromatic rings. The highest BCUT2D eigenvalue weighted by Crippen LogP contribution is 2.34. The third-order valence-corrected chi connectivity index (χ3v) is 5.63. The van der Waals surface area contributed by atoms with E-state index in [0.717, 1.165) is 0 Å². The number of hydrogen-bond donors (Lipinski definition) is 1. The summed E-state index contributed by atoms with van der Waals surface area (Å²) < 4.78 is 16.3. The van der Waals surface area contributed by atoms with Crippen LogP contribution >= 0.6 is 11.6 Å². The number of benzene rings is 2. The van der Waals surface area contributed by atoms with Crippen LogP contribution in [0.5, 0.6) is 17.2 Å². The number of ether oxygens (including phenoxy) is 3. The van der Waals surface area contributed by atoms with Crippen LogP contribution in [0.4, 0.5) is 11.8 Å². The standard InChI is InChI=1S/C22H24ClN5O4/c1-30-18-11-14-16(12-19(18)31-2)25-22(26-21(14)24)28-9-7-27(8-10-28)20(29)13-32-17-6-4-3-5-15(17)23/h3-6,11-12H,7-10,13H2,1-2H3,(H2,24,25,26). The second-order valence-electron chi connectivity index (χ2n) is 7.22. The highest BCUT2D eigenvalue weighted by Gasteiger charge is 2.24. The Balaban J connectivity index is 1.42. The first-order chi connectivity index (χ1) is 15.5. The molecule has 0 radical (unpaired) electrons. The molecular formula is C22H24ClN5O4. The van der Waals surface area contributed by atoms with Crippen molar-refractivity contribution in [2.75, 3.05) is 57.6 Å². The summed E-state index contributed by atoms with van der Waals surface area (Å²) >= 11 is 6.08. The summed E-state index contributed by atoms with van der Waals surface area (Å²) in [7, 11) is 3.14. The second kappa shape index (κ2) is 9.35.